The Hall–Kier alpha value is -0.0900. The van der Waals surface area contributed by atoms with Crippen LogP contribution in [0.4, 0.5) is 0 Å². The highest BCUT2D eigenvalue weighted by Crippen LogP contribution is 2.38. The highest BCUT2D eigenvalue weighted by molar-refractivity contribution is 9.10. The first-order chi connectivity index (χ1) is 8.61. The predicted molar refractivity (Wildman–Crippen MR) is 80.3 cm³/mol. The summed E-state index contributed by atoms with van der Waals surface area (Å²) < 4.78 is 0.931. The third-order valence-electron chi connectivity index (χ3n) is 3.93. The molecule has 1 saturated carbocycles. The summed E-state index contributed by atoms with van der Waals surface area (Å²) in [6.07, 6.45) is 5.12. The Morgan fingerprint density at radius 2 is 2.22 bits per heavy atom. The van der Waals surface area contributed by atoms with Crippen molar-refractivity contribution in [2.45, 2.75) is 38.6 Å². The molecule has 4 heteroatoms. The van der Waals surface area contributed by atoms with E-state index in [0.29, 0.717) is 5.92 Å². The van der Waals surface area contributed by atoms with Gasteiger partial charge in [-0.05, 0) is 58.3 Å². The van der Waals surface area contributed by atoms with Gasteiger partial charge >= 0.3 is 0 Å². The summed E-state index contributed by atoms with van der Waals surface area (Å²) in [6, 6.07) is 6.31. The molecule has 0 saturated heterocycles. The van der Waals surface area contributed by atoms with Gasteiger partial charge in [0.2, 0.25) is 0 Å². The summed E-state index contributed by atoms with van der Waals surface area (Å²) in [5.41, 5.74) is 4.17. The number of hydrogen-bond acceptors (Lipinski definition) is 2. The van der Waals surface area contributed by atoms with Gasteiger partial charge in [-0.2, -0.15) is 0 Å². The maximum absolute atomic E-state index is 6.17. The second-order valence-electron chi connectivity index (χ2n) is 5.35. The second-order valence-corrected chi connectivity index (χ2v) is 6.61. The Kier molecular flexibility index (Phi) is 5.07. The third-order valence-corrected chi connectivity index (χ3v) is 5.16. The number of hydrazine groups is 1. The predicted octanol–water partition coefficient (Wildman–Crippen LogP) is 4.43. The molecule has 0 bridgehead atoms. The summed E-state index contributed by atoms with van der Waals surface area (Å²) in [7, 11) is 0. The van der Waals surface area contributed by atoms with Crippen LogP contribution in [-0.2, 0) is 0 Å². The Morgan fingerprint density at radius 1 is 1.44 bits per heavy atom. The smallest absolute Gasteiger partial charge is 0.0551 e. The zero-order valence-corrected chi connectivity index (χ0v) is 13.0. The Bertz CT molecular complexity index is 411. The lowest BCUT2D eigenvalue weighted by Gasteiger charge is -2.33. The van der Waals surface area contributed by atoms with Crippen molar-refractivity contribution in [2.75, 3.05) is 0 Å². The van der Waals surface area contributed by atoms with Crippen LogP contribution in [0, 0.1) is 11.8 Å². The van der Waals surface area contributed by atoms with Gasteiger partial charge in [-0.3, -0.25) is 11.3 Å². The lowest BCUT2D eigenvalue weighted by atomic mass is 9.77. The maximum atomic E-state index is 6.17. The van der Waals surface area contributed by atoms with Crippen LogP contribution in [0.3, 0.4) is 0 Å². The lowest BCUT2D eigenvalue weighted by molar-refractivity contribution is 0.224. The molecular weight excluding hydrogens is 312 g/mol. The minimum atomic E-state index is 0.207. The van der Waals surface area contributed by atoms with Crippen LogP contribution in [0.1, 0.15) is 44.2 Å². The van der Waals surface area contributed by atoms with Gasteiger partial charge < -0.3 is 0 Å². The van der Waals surface area contributed by atoms with Gasteiger partial charge in [0.15, 0.2) is 0 Å². The van der Waals surface area contributed by atoms with Gasteiger partial charge in [-0.15, -0.1) is 0 Å². The molecule has 2 rings (SSSR count). The standard InChI is InChI=1S/C14H20BrClN2/c1-9-3-2-4-10(7-9)14(18-17)11-5-6-12(15)13(16)8-11/h5-6,8-10,14,18H,2-4,7,17H2,1H3. The van der Waals surface area contributed by atoms with Gasteiger partial charge in [-0.25, -0.2) is 0 Å². The number of hydrogen-bond donors (Lipinski definition) is 2. The first-order valence-electron chi connectivity index (χ1n) is 6.53. The molecule has 3 unspecified atom stereocenters. The van der Waals surface area contributed by atoms with Crippen LogP contribution >= 0.6 is 27.5 Å². The molecule has 1 fully saturated rings. The molecule has 3 atom stereocenters. The van der Waals surface area contributed by atoms with Crippen LogP contribution < -0.4 is 11.3 Å². The topological polar surface area (TPSA) is 38.0 Å². The Morgan fingerprint density at radius 3 is 2.83 bits per heavy atom. The van der Waals surface area contributed by atoms with E-state index in [0.717, 1.165) is 15.4 Å². The first-order valence-corrected chi connectivity index (χ1v) is 7.70. The van der Waals surface area contributed by atoms with E-state index < -0.39 is 0 Å². The van der Waals surface area contributed by atoms with Gasteiger partial charge in [0.05, 0.1) is 5.02 Å². The molecule has 1 aromatic carbocycles. The van der Waals surface area contributed by atoms with E-state index in [1.54, 1.807) is 0 Å². The molecule has 0 spiro atoms. The van der Waals surface area contributed by atoms with Crippen LogP contribution in [0.25, 0.3) is 0 Å². The van der Waals surface area contributed by atoms with E-state index in [-0.39, 0.29) is 6.04 Å². The van der Waals surface area contributed by atoms with Crippen molar-refractivity contribution in [3.05, 3.63) is 33.3 Å². The summed E-state index contributed by atoms with van der Waals surface area (Å²) in [4.78, 5) is 0. The molecule has 1 aliphatic carbocycles. The molecule has 0 aliphatic heterocycles. The molecule has 0 radical (unpaired) electrons. The van der Waals surface area contributed by atoms with Crippen molar-refractivity contribution in [2.24, 2.45) is 17.7 Å². The average Bonchev–Trinajstić information content (AvgIpc) is 2.35. The summed E-state index contributed by atoms with van der Waals surface area (Å²) in [5.74, 6) is 7.17. The molecular formula is C14H20BrClN2. The fourth-order valence-corrected chi connectivity index (χ4v) is 3.43. The average molecular weight is 332 g/mol. The van der Waals surface area contributed by atoms with Gasteiger partial charge in [0.25, 0.3) is 0 Å². The molecule has 2 nitrogen and oxygen atoms in total. The zero-order chi connectivity index (χ0) is 13.1. The maximum Gasteiger partial charge on any atom is 0.0551 e. The van der Waals surface area contributed by atoms with Crippen molar-refractivity contribution < 1.29 is 0 Å². The fourth-order valence-electron chi connectivity index (χ4n) is 2.99. The zero-order valence-electron chi connectivity index (χ0n) is 10.6. The molecule has 0 heterocycles. The van der Waals surface area contributed by atoms with Gasteiger partial charge in [0, 0.05) is 10.5 Å². The van der Waals surface area contributed by atoms with Gasteiger partial charge in [0.1, 0.15) is 0 Å². The minimum Gasteiger partial charge on any atom is -0.271 e. The van der Waals surface area contributed by atoms with Crippen molar-refractivity contribution >= 4 is 27.5 Å². The SMILES string of the molecule is CC1CCCC(C(NN)c2ccc(Br)c(Cl)c2)C1. The van der Waals surface area contributed by atoms with Gasteiger partial charge in [-0.1, -0.05) is 37.4 Å². The molecule has 1 aromatic rings. The van der Waals surface area contributed by atoms with E-state index >= 15 is 0 Å². The number of nitrogens with two attached hydrogens (primary N) is 1. The number of rotatable bonds is 3. The number of halogens is 2. The van der Waals surface area contributed by atoms with E-state index in [1.807, 2.05) is 12.1 Å². The first kappa shape index (κ1) is 14.3. The lowest BCUT2D eigenvalue weighted by Crippen LogP contribution is -2.35. The quantitative estimate of drug-likeness (QED) is 0.635. The highest BCUT2D eigenvalue weighted by atomic mass is 79.9. The van der Waals surface area contributed by atoms with E-state index in [4.69, 9.17) is 17.4 Å². The Balaban J connectivity index is 2.18. The Labute approximate surface area is 122 Å². The monoisotopic (exact) mass is 330 g/mol. The molecule has 0 aromatic heterocycles. The van der Waals surface area contributed by atoms with E-state index in [9.17, 15) is 0 Å². The van der Waals surface area contributed by atoms with Crippen molar-refractivity contribution in [3.63, 3.8) is 0 Å². The van der Waals surface area contributed by atoms with Crippen LogP contribution in [0.15, 0.2) is 22.7 Å². The van der Waals surface area contributed by atoms with Crippen LogP contribution in [0.5, 0.6) is 0 Å². The molecule has 0 amide bonds. The van der Waals surface area contributed by atoms with Crippen molar-refractivity contribution in [3.8, 4) is 0 Å². The molecule has 1 aliphatic rings. The van der Waals surface area contributed by atoms with E-state index in [1.165, 1.54) is 31.2 Å². The highest BCUT2D eigenvalue weighted by Gasteiger charge is 2.27. The minimum absolute atomic E-state index is 0.207. The van der Waals surface area contributed by atoms with E-state index in [2.05, 4.69) is 34.3 Å². The number of benzene rings is 1. The normalized spacial score (nSPS) is 26.0. The molecule has 3 N–H and O–H groups in total. The molecule has 100 valence electrons. The summed E-state index contributed by atoms with van der Waals surface area (Å²) >= 11 is 9.59. The summed E-state index contributed by atoms with van der Waals surface area (Å²) in [6.45, 7) is 2.33. The van der Waals surface area contributed by atoms with Crippen LogP contribution in [0.2, 0.25) is 5.02 Å². The third kappa shape index (κ3) is 3.27. The second kappa shape index (κ2) is 6.38. The number of nitrogens with one attached hydrogen (secondary N) is 1. The van der Waals surface area contributed by atoms with Crippen molar-refractivity contribution in [1.82, 2.24) is 5.43 Å². The summed E-state index contributed by atoms with van der Waals surface area (Å²) in [5, 5.41) is 0.747. The van der Waals surface area contributed by atoms with Crippen LogP contribution in [-0.4, -0.2) is 0 Å². The molecule has 18 heavy (non-hydrogen) atoms. The largest absolute Gasteiger partial charge is 0.271 e. The van der Waals surface area contributed by atoms with Crippen molar-refractivity contribution in [1.29, 1.82) is 0 Å². The fraction of sp³-hybridized carbons (Fsp3) is 0.571.